The molecule has 0 saturated heterocycles. The summed E-state index contributed by atoms with van der Waals surface area (Å²) >= 11 is 1.79. The van der Waals surface area contributed by atoms with Crippen molar-refractivity contribution in [1.29, 1.82) is 0 Å². The molecule has 5 nitrogen and oxygen atoms in total. The first-order valence-electron chi connectivity index (χ1n) is 7.97. The Morgan fingerprint density at radius 1 is 1.24 bits per heavy atom. The summed E-state index contributed by atoms with van der Waals surface area (Å²) < 4.78 is 23.7. The number of halogens is 1. The van der Waals surface area contributed by atoms with Gasteiger partial charge in [-0.3, -0.25) is 4.90 Å². The molecule has 0 spiro atoms. The monoisotopic (exact) mass is 361 g/mol. The SMILES string of the molecule is Cc1ccc(C(C)N(C)Cc2nc(COc3ccc(F)cc3)no2)s1. The van der Waals surface area contributed by atoms with Crippen LogP contribution in [-0.4, -0.2) is 22.1 Å². The van der Waals surface area contributed by atoms with Crippen molar-refractivity contribution in [3.8, 4) is 5.75 Å². The second-order valence-electron chi connectivity index (χ2n) is 5.89. The fraction of sp³-hybridized carbons (Fsp3) is 0.333. The highest BCUT2D eigenvalue weighted by molar-refractivity contribution is 7.12. The molecule has 0 aliphatic heterocycles. The van der Waals surface area contributed by atoms with Gasteiger partial charge in [-0.25, -0.2) is 4.39 Å². The van der Waals surface area contributed by atoms with Gasteiger partial charge in [0.1, 0.15) is 11.6 Å². The maximum Gasteiger partial charge on any atom is 0.240 e. The zero-order chi connectivity index (χ0) is 17.8. The van der Waals surface area contributed by atoms with Gasteiger partial charge in [-0.2, -0.15) is 4.98 Å². The number of aromatic nitrogens is 2. The lowest BCUT2D eigenvalue weighted by Gasteiger charge is -2.21. The van der Waals surface area contributed by atoms with Crippen molar-refractivity contribution in [1.82, 2.24) is 15.0 Å². The van der Waals surface area contributed by atoms with Gasteiger partial charge in [0.25, 0.3) is 0 Å². The van der Waals surface area contributed by atoms with E-state index >= 15 is 0 Å². The van der Waals surface area contributed by atoms with Crippen LogP contribution in [0.25, 0.3) is 0 Å². The van der Waals surface area contributed by atoms with Gasteiger partial charge in [-0.15, -0.1) is 11.3 Å². The van der Waals surface area contributed by atoms with Crippen LogP contribution >= 0.6 is 11.3 Å². The van der Waals surface area contributed by atoms with Crippen molar-refractivity contribution in [2.24, 2.45) is 0 Å². The van der Waals surface area contributed by atoms with Crippen molar-refractivity contribution in [3.63, 3.8) is 0 Å². The summed E-state index contributed by atoms with van der Waals surface area (Å²) in [5.74, 6) is 1.27. The number of hydrogen-bond acceptors (Lipinski definition) is 6. The third kappa shape index (κ3) is 4.64. The largest absolute Gasteiger partial charge is 0.485 e. The van der Waals surface area contributed by atoms with Crippen LogP contribution in [-0.2, 0) is 13.2 Å². The van der Waals surface area contributed by atoms with Gasteiger partial charge in [0.05, 0.1) is 6.54 Å². The Morgan fingerprint density at radius 3 is 2.68 bits per heavy atom. The summed E-state index contributed by atoms with van der Waals surface area (Å²) in [6, 6.07) is 10.4. The van der Waals surface area contributed by atoms with Crippen molar-refractivity contribution >= 4 is 11.3 Å². The molecule has 0 fully saturated rings. The lowest BCUT2D eigenvalue weighted by atomic mass is 10.2. The molecular formula is C18H20FN3O2S. The van der Waals surface area contributed by atoms with Gasteiger partial charge in [0.2, 0.25) is 11.7 Å². The molecule has 2 aromatic heterocycles. The predicted octanol–water partition coefficient (Wildman–Crippen LogP) is 4.35. The molecule has 2 heterocycles. The van der Waals surface area contributed by atoms with Crippen LogP contribution in [0.5, 0.6) is 5.75 Å². The molecule has 1 atom stereocenters. The number of rotatable bonds is 7. The zero-order valence-electron chi connectivity index (χ0n) is 14.4. The summed E-state index contributed by atoms with van der Waals surface area (Å²) in [4.78, 5) is 9.11. The molecule has 0 amide bonds. The number of aryl methyl sites for hydroxylation is 1. The first-order chi connectivity index (χ1) is 12.0. The van der Waals surface area contributed by atoms with E-state index in [2.05, 4.69) is 41.0 Å². The summed E-state index contributed by atoms with van der Waals surface area (Å²) in [6.45, 7) is 4.99. The Labute approximate surface area is 150 Å². The van der Waals surface area contributed by atoms with E-state index in [1.807, 2.05) is 7.05 Å². The number of ether oxygens (including phenoxy) is 1. The topological polar surface area (TPSA) is 51.4 Å². The molecular weight excluding hydrogens is 341 g/mol. The standard InChI is InChI=1S/C18H20FN3O2S/c1-12-4-9-16(25-12)13(2)22(3)10-18-20-17(21-24-18)11-23-15-7-5-14(19)6-8-15/h4-9,13H,10-11H2,1-3H3. The number of thiophene rings is 1. The highest BCUT2D eigenvalue weighted by atomic mass is 32.1. The van der Waals surface area contributed by atoms with Gasteiger partial charge in [0.15, 0.2) is 6.61 Å². The Bertz CT molecular complexity index is 816. The fourth-order valence-electron chi connectivity index (χ4n) is 2.34. The maximum absolute atomic E-state index is 12.9. The molecule has 0 saturated carbocycles. The molecule has 0 N–H and O–H groups in total. The minimum absolute atomic E-state index is 0.179. The Hall–Kier alpha value is -2.25. The van der Waals surface area contributed by atoms with E-state index in [0.29, 0.717) is 24.0 Å². The van der Waals surface area contributed by atoms with E-state index < -0.39 is 0 Å². The number of hydrogen-bond donors (Lipinski definition) is 0. The van der Waals surface area contributed by atoms with Gasteiger partial charge < -0.3 is 9.26 Å². The van der Waals surface area contributed by atoms with E-state index in [-0.39, 0.29) is 18.5 Å². The van der Waals surface area contributed by atoms with Crippen molar-refractivity contribution in [3.05, 3.63) is 63.7 Å². The molecule has 0 aliphatic rings. The van der Waals surface area contributed by atoms with Crippen LogP contribution in [0.3, 0.4) is 0 Å². The quantitative estimate of drug-likeness (QED) is 0.626. The Kier molecular flexibility index (Phi) is 5.45. The average molecular weight is 361 g/mol. The minimum atomic E-state index is -0.299. The normalized spacial score (nSPS) is 12.5. The second kappa shape index (κ2) is 7.76. The van der Waals surface area contributed by atoms with E-state index in [1.54, 1.807) is 23.5 Å². The first-order valence-corrected chi connectivity index (χ1v) is 8.79. The summed E-state index contributed by atoms with van der Waals surface area (Å²) in [7, 11) is 2.03. The summed E-state index contributed by atoms with van der Waals surface area (Å²) in [6.07, 6.45) is 0. The van der Waals surface area contributed by atoms with Gasteiger partial charge >= 0.3 is 0 Å². The van der Waals surface area contributed by atoms with E-state index in [0.717, 1.165) is 0 Å². The first kappa shape index (κ1) is 17.6. The molecule has 3 aromatic rings. The average Bonchev–Trinajstić information content (AvgIpc) is 3.22. The van der Waals surface area contributed by atoms with Gasteiger partial charge in [-0.05, 0) is 57.3 Å². The van der Waals surface area contributed by atoms with Crippen molar-refractivity contribution in [2.75, 3.05) is 7.05 Å². The molecule has 25 heavy (non-hydrogen) atoms. The molecule has 0 bridgehead atoms. The highest BCUT2D eigenvalue weighted by Crippen LogP contribution is 2.27. The third-order valence-corrected chi connectivity index (χ3v) is 5.08. The minimum Gasteiger partial charge on any atom is -0.485 e. The smallest absolute Gasteiger partial charge is 0.240 e. The fourth-order valence-corrected chi connectivity index (χ4v) is 3.33. The summed E-state index contributed by atoms with van der Waals surface area (Å²) in [5.41, 5.74) is 0. The molecule has 1 aromatic carbocycles. The van der Waals surface area contributed by atoms with Crippen LogP contribution in [0.4, 0.5) is 4.39 Å². The summed E-state index contributed by atoms with van der Waals surface area (Å²) in [5, 5.41) is 3.93. The Morgan fingerprint density at radius 2 is 2.00 bits per heavy atom. The van der Waals surface area contributed by atoms with Crippen LogP contribution in [0, 0.1) is 12.7 Å². The van der Waals surface area contributed by atoms with Crippen LogP contribution < -0.4 is 4.74 Å². The van der Waals surface area contributed by atoms with Crippen molar-refractivity contribution in [2.45, 2.75) is 33.0 Å². The van der Waals surface area contributed by atoms with E-state index in [4.69, 9.17) is 9.26 Å². The zero-order valence-corrected chi connectivity index (χ0v) is 15.2. The van der Waals surface area contributed by atoms with Crippen molar-refractivity contribution < 1.29 is 13.7 Å². The molecule has 7 heteroatoms. The van der Waals surface area contributed by atoms with Crippen LogP contribution in [0.1, 0.15) is 34.4 Å². The van der Waals surface area contributed by atoms with E-state index in [1.165, 1.54) is 21.9 Å². The lowest BCUT2D eigenvalue weighted by molar-refractivity contribution is 0.218. The highest BCUT2D eigenvalue weighted by Gasteiger charge is 2.17. The molecule has 3 rings (SSSR count). The molecule has 0 aliphatic carbocycles. The Balaban J connectivity index is 1.54. The predicted molar refractivity (Wildman–Crippen MR) is 94.0 cm³/mol. The second-order valence-corrected chi connectivity index (χ2v) is 7.21. The third-order valence-electron chi connectivity index (χ3n) is 3.91. The molecule has 1 unspecified atom stereocenters. The van der Waals surface area contributed by atoms with Crippen LogP contribution in [0.2, 0.25) is 0 Å². The number of benzene rings is 1. The molecule has 132 valence electrons. The van der Waals surface area contributed by atoms with E-state index in [9.17, 15) is 4.39 Å². The van der Waals surface area contributed by atoms with Crippen LogP contribution in [0.15, 0.2) is 40.9 Å². The lowest BCUT2D eigenvalue weighted by Crippen LogP contribution is -2.21. The number of nitrogens with zero attached hydrogens (tertiary/aromatic N) is 3. The maximum atomic E-state index is 12.9. The van der Waals surface area contributed by atoms with Gasteiger partial charge in [-0.1, -0.05) is 5.16 Å². The van der Waals surface area contributed by atoms with Gasteiger partial charge in [0, 0.05) is 15.8 Å². The molecule has 0 radical (unpaired) electrons.